The number of amides is 1. The lowest BCUT2D eigenvalue weighted by Gasteiger charge is -2.19. The standard InChI is InChI=1S/C10H19N3O2/c1-8(2)9(7-14)13-6-10(15)12-5-3-4-11/h8-9,13-14H,3,5-7H2,1-2H3,(H,12,15)/t9-/m1/s1. The molecular weight excluding hydrogens is 194 g/mol. The third kappa shape index (κ3) is 6.89. The minimum Gasteiger partial charge on any atom is -0.395 e. The van der Waals surface area contributed by atoms with Crippen molar-refractivity contribution in [2.45, 2.75) is 26.3 Å². The summed E-state index contributed by atoms with van der Waals surface area (Å²) in [5.41, 5.74) is 0. The van der Waals surface area contributed by atoms with E-state index < -0.39 is 0 Å². The molecular formula is C10H19N3O2. The minimum absolute atomic E-state index is 0.0170. The number of hydrogen-bond acceptors (Lipinski definition) is 4. The number of hydrogen-bond donors (Lipinski definition) is 3. The van der Waals surface area contributed by atoms with Gasteiger partial charge in [0.15, 0.2) is 0 Å². The van der Waals surface area contributed by atoms with Gasteiger partial charge in [-0.25, -0.2) is 0 Å². The molecule has 15 heavy (non-hydrogen) atoms. The van der Waals surface area contributed by atoms with Crippen LogP contribution in [-0.2, 0) is 4.79 Å². The van der Waals surface area contributed by atoms with E-state index in [0.717, 1.165) is 0 Å². The highest BCUT2D eigenvalue weighted by Crippen LogP contribution is 1.99. The van der Waals surface area contributed by atoms with Gasteiger partial charge >= 0.3 is 0 Å². The van der Waals surface area contributed by atoms with Crippen molar-refractivity contribution in [2.75, 3.05) is 19.7 Å². The van der Waals surface area contributed by atoms with E-state index in [-0.39, 0.29) is 31.0 Å². The first-order chi connectivity index (χ1) is 7.11. The van der Waals surface area contributed by atoms with Crippen molar-refractivity contribution in [3.63, 3.8) is 0 Å². The maximum absolute atomic E-state index is 11.2. The lowest BCUT2D eigenvalue weighted by Crippen LogP contribution is -2.43. The van der Waals surface area contributed by atoms with Crippen LogP contribution in [0.2, 0.25) is 0 Å². The molecule has 0 saturated heterocycles. The van der Waals surface area contributed by atoms with Gasteiger partial charge in [0.05, 0.1) is 25.6 Å². The average molecular weight is 213 g/mol. The highest BCUT2D eigenvalue weighted by Gasteiger charge is 2.12. The van der Waals surface area contributed by atoms with Crippen LogP contribution < -0.4 is 10.6 Å². The number of nitriles is 1. The summed E-state index contributed by atoms with van der Waals surface area (Å²) in [7, 11) is 0. The van der Waals surface area contributed by atoms with Gasteiger partial charge in [0, 0.05) is 12.6 Å². The summed E-state index contributed by atoms with van der Waals surface area (Å²) in [5.74, 6) is 0.131. The Morgan fingerprint density at radius 3 is 2.67 bits per heavy atom. The molecule has 0 bridgehead atoms. The fourth-order valence-corrected chi connectivity index (χ4v) is 1.06. The topological polar surface area (TPSA) is 85.2 Å². The second kappa shape index (κ2) is 8.21. The van der Waals surface area contributed by atoms with Crippen molar-refractivity contribution in [3.05, 3.63) is 0 Å². The zero-order chi connectivity index (χ0) is 11.7. The Morgan fingerprint density at radius 1 is 1.53 bits per heavy atom. The zero-order valence-corrected chi connectivity index (χ0v) is 9.29. The highest BCUT2D eigenvalue weighted by atomic mass is 16.3. The molecule has 0 rings (SSSR count). The second-order valence-corrected chi connectivity index (χ2v) is 3.67. The van der Waals surface area contributed by atoms with Crippen LogP contribution in [0.3, 0.4) is 0 Å². The number of nitrogens with one attached hydrogen (secondary N) is 2. The summed E-state index contributed by atoms with van der Waals surface area (Å²) in [5, 5.41) is 22.8. The van der Waals surface area contributed by atoms with Crippen molar-refractivity contribution in [1.82, 2.24) is 10.6 Å². The van der Waals surface area contributed by atoms with Crippen LogP contribution in [-0.4, -0.2) is 36.8 Å². The molecule has 0 unspecified atom stereocenters. The van der Waals surface area contributed by atoms with E-state index in [1.54, 1.807) is 0 Å². The summed E-state index contributed by atoms with van der Waals surface area (Å²) >= 11 is 0. The molecule has 0 aromatic heterocycles. The van der Waals surface area contributed by atoms with E-state index in [4.69, 9.17) is 10.4 Å². The molecule has 86 valence electrons. The molecule has 0 saturated carbocycles. The predicted octanol–water partition coefficient (Wildman–Crippen LogP) is -0.377. The molecule has 5 heteroatoms. The molecule has 5 nitrogen and oxygen atoms in total. The Hall–Kier alpha value is -1.12. The van der Waals surface area contributed by atoms with Crippen LogP contribution in [0.5, 0.6) is 0 Å². The summed E-state index contributed by atoms with van der Waals surface area (Å²) in [6.07, 6.45) is 0.319. The van der Waals surface area contributed by atoms with Gasteiger partial charge in [-0.05, 0) is 5.92 Å². The van der Waals surface area contributed by atoms with Gasteiger partial charge in [0.25, 0.3) is 0 Å². The van der Waals surface area contributed by atoms with Crippen LogP contribution in [0.4, 0.5) is 0 Å². The summed E-state index contributed by atoms with van der Waals surface area (Å²) < 4.78 is 0. The van der Waals surface area contributed by atoms with Crippen LogP contribution in [0.1, 0.15) is 20.3 Å². The number of carbonyl (C=O) groups is 1. The number of rotatable bonds is 7. The minimum atomic E-state index is -0.149. The van der Waals surface area contributed by atoms with Gasteiger partial charge in [-0.15, -0.1) is 0 Å². The monoisotopic (exact) mass is 213 g/mol. The van der Waals surface area contributed by atoms with Crippen LogP contribution in [0.15, 0.2) is 0 Å². The second-order valence-electron chi connectivity index (χ2n) is 3.67. The first kappa shape index (κ1) is 13.9. The molecule has 0 aliphatic rings. The SMILES string of the molecule is CC(C)[C@@H](CO)NCC(=O)NCCC#N. The molecule has 0 aliphatic heterocycles. The zero-order valence-electron chi connectivity index (χ0n) is 9.29. The van der Waals surface area contributed by atoms with E-state index >= 15 is 0 Å². The molecule has 3 N–H and O–H groups in total. The third-order valence-corrected chi connectivity index (χ3v) is 2.09. The van der Waals surface area contributed by atoms with Gasteiger partial charge in [0.2, 0.25) is 5.91 Å². The Bertz CT molecular complexity index is 223. The lowest BCUT2D eigenvalue weighted by molar-refractivity contribution is -0.120. The van der Waals surface area contributed by atoms with Gasteiger partial charge in [-0.2, -0.15) is 5.26 Å². The molecule has 0 spiro atoms. The average Bonchev–Trinajstić information content (AvgIpc) is 2.18. The van der Waals surface area contributed by atoms with Gasteiger partial charge in [0.1, 0.15) is 0 Å². The fourth-order valence-electron chi connectivity index (χ4n) is 1.06. The van der Waals surface area contributed by atoms with Crippen molar-refractivity contribution >= 4 is 5.91 Å². The maximum Gasteiger partial charge on any atom is 0.234 e. The molecule has 0 radical (unpaired) electrons. The van der Waals surface area contributed by atoms with Crippen LogP contribution in [0, 0.1) is 17.2 Å². The van der Waals surface area contributed by atoms with Gasteiger partial charge in [-0.1, -0.05) is 13.8 Å². The van der Waals surface area contributed by atoms with Crippen molar-refractivity contribution in [3.8, 4) is 6.07 Å². The lowest BCUT2D eigenvalue weighted by atomic mass is 10.1. The molecule has 0 aromatic carbocycles. The number of aliphatic hydroxyl groups is 1. The van der Waals surface area contributed by atoms with E-state index in [1.807, 2.05) is 19.9 Å². The molecule has 0 aliphatic carbocycles. The molecule has 0 aromatic rings. The maximum atomic E-state index is 11.2. The first-order valence-corrected chi connectivity index (χ1v) is 5.09. The van der Waals surface area contributed by atoms with Crippen LogP contribution in [0.25, 0.3) is 0 Å². The summed E-state index contributed by atoms with van der Waals surface area (Å²) in [6, 6.07) is 1.88. The normalized spacial score (nSPS) is 12.2. The Labute approximate surface area is 90.5 Å². The Morgan fingerprint density at radius 2 is 2.20 bits per heavy atom. The quantitative estimate of drug-likeness (QED) is 0.503. The van der Waals surface area contributed by atoms with Crippen molar-refractivity contribution in [2.24, 2.45) is 5.92 Å². The fraction of sp³-hybridized carbons (Fsp3) is 0.800. The molecule has 0 heterocycles. The Kier molecular flexibility index (Phi) is 7.60. The van der Waals surface area contributed by atoms with E-state index in [2.05, 4.69) is 10.6 Å². The smallest absolute Gasteiger partial charge is 0.234 e. The third-order valence-electron chi connectivity index (χ3n) is 2.09. The number of carbonyl (C=O) groups excluding carboxylic acids is 1. The largest absolute Gasteiger partial charge is 0.395 e. The molecule has 1 amide bonds. The predicted molar refractivity (Wildman–Crippen MR) is 57.0 cm³/mol. The summed E-state index contributed by atoms with van der Waals surface area (Å²) in [6.45, 7) is 4.52. The Balaban J connectivity index is 3.65. The molecule has 1 atom stereocenters. The number of aliphatic hydroxyl groups excluding tert-OH is 1. The van der Waals surface area contributed by atoms with E-state index in [1.165, 1.54) is 0 Å². The van der Waals surface area contributed by atoms with E-state index in [0.29, 0.717) is 13.0 Å². The summed E-state index contributed by atoms with van der Waals surface area (Å²) in [4.78, 5) is 11.2. The first-order valence-electron chi connectivity index (χ1n) is 5.09. The molecule has 0 fully saturated rings. The van der Waals surface area contributed by atoms with Crippen molar-refractivity contribution < 1.29 is 9.90 Å². The van der Waals surface area contributed by atoms with Crippen LogP contribution >= 0.6 is 0 Å². The highest BCUT2D eigenvalue weighted by molar-refractivity contribution is 5.77. The number of nitrogens with zero attached hydrogens (tertiary/aromatic N) is 1. The van der Waals surface area contributed by atoms with Crippen molar-refractivity contribution in [1.29, 1.82) is 5.26 Å². The van der Waals surface area contributed by atoms with E-state index in [9.17, 15) is 4.79 Å². The van der Waals surface area contributed by atoms with Gasteiger partial charge in [-0.3, -0.25) is 4.79 Å². The van der Waals surface area contributed by atoms with Gasteiger partial charge < -0.3 is 15.7 Å².